The average molecular weight is 469 g/mol. The predicted octanol–water partition coefficient (Wildman–Crippen LogP) is 2.93. The molecule has 2 fully saturated rings. The second-order valence-electron chi connectivity index (χ2n) is 7.77. The van der Waals surface area contributed by atoms with Crippen molar-refractivity contribution in [3.8, 4) is 10.7 Å². The molecule has 1 aliphatic heterocycles. The van der Waals surface area contributed by atoms with E-state index in [1.165, 1.54) is 11.8 Å². The van der Waals surface area contributed by atoms with Gasteiger partial charge in [-0.15, -0.1) is 21.5 Å². The van der Waals surface area contributed by atoms with Crippen molar-refractivity contribution < 1.29 is 14.4 Å². The van der Waals surface area contributed by atoms with Gasteiger partial charge in [0, 0.05) is 6.04 Å². The van der Waals surface area contributed by atoms with E-state index in [9.17, 15) is 14.4 Å². The number of rotatable bonds is 7. The van der Waals surface area contributed by atoms with Gasteiger partial charge >= 0.3 is 6.03 Å². The van der Waals surface area contributed by atoms with Gasteiger partial charge in [-0.1, -0.05) is 48.2 Å². The molecule has 3 heterocycles. The molecule has 2 N–H and O–H groups in total. The Labute approximate surface area is 192 Å². The van der Waals surface area contributed by atoms with Crippen LogP contribution in [-0.4, -0.2) is 43.4 Å². The number of aromatic nitrogens is 3. The summed E-state index contributed by atoms with van der Waals surface area (Å²) in [6.45, 7) is 1.62. The number of imide groups is 1. The molecule has 1 saturated carbocycles. The van der Waals surface area contributed by atoms with Crippen LogP contribution >= 0.6 is 23.1 Å². The van der Waals surface area contributed by atoms with Crippen molar-refractivity contribution in [2.75, 3.05) is 5.75 Å². The van der Waals surface area contributed by atoms with Crippen LogP contribution in [0, 0.1) is 0 Å². The first-order chi connectivity index (χ1) is 15.5. The van der Waals surface area contributed by atoms with E-state index in [-0.39, 0.29) is 5.75 Å². The number of carbonyl (C=O) groups excluding carboxylic acids is 3. The Morgan fingerprint density at radius 2 is 2.00 bits per heavy atom. The van der Waals surface area contributed by atoms with Crippen molar-refractivity contribution in [2.24, 2.45) is 0 Å². The van der Waals surface area contributed by atoms with Crippen LogP contribution in [-0.2, 0) is 15.1 Å². The van der Waals surface area contributed by atoms with Crippen molar-refractivity contribution in [3.63, 3.8) is 0 Å². The molecular weight excluding hydrogens is 448 g/mol. The zero-order valence-corrected chi connectivity index (χ0v) is 18.8. The highest BCUT2D eigenvalue weighted by Gasteiger charge is 2.50. The summed E-state index contributed by atoms with van der Waals surface area (Å²) in [5.74, 6) is -0.209. The molecule has 1 unspecified atom stereocenters. The average Bonchev–Trinajstić information content (AvgIpc) is 3.23. The molecule has 3 aromatic rings. The number of amides is 4. The number of hydrogen-bond acceptors (Lipinski definition) is 7. The number of nitrogens with one attached hydrogen (secondary N) is 2. The fourth-order valence-corrected chi connectivity index (χ4v) is 5.11. The summed E-state index contributed by atoms with van der Waals surface area (Å²) in [6.07, 6.45) is 2.10. The zero-order valence-electron chi connectivity index (χ0n) is 17.1. The van der Waals surface area contributed by atoms with Crippen LogP contribution < -0.4 is 10.7 Å². The summed E-state index contributed by atoms with van der Waals surface area (Å²) < 4.78 is 2.07. The summed E-state index contributed by atoms with van der Waals surface area (Å²) in [5.41, 5.74) is 1.84. The molecular formula is C21H20N6O3S2. The second-order valence-corrected chi connectivity index (χ2v) is 9.66. The fourth-order valence-electron chi connectivity index (χ4n) is 3.61. The smallest absolute Gasteiger partial charge is 0.318 e. The lowest BCUT2D eigenvalue weighted by atomic mass is 9.92. The quantitative estimate of drug-likeness (QED) is 0.408. The van der Waals surface area contributed by atoms with Gasteiger partial charge in [0.1, 0.15) is 5.54 Å². The van der Waals surface area contributed by atoms with Gasteiger partial charge in [0.15, 0.2) is 11.0 Å². The first-order valence-corrected chi connectivity index (χ1v) is 12.0. The number of carbonyl (C=O) groups is 3. The maximum atomic E-state index is 12.9. The third-order valence-corrected chi connectivity index (χ3v) is 7.24. The van der Waals surface area contributed by atoms with Crippen LogP contribution in [0.15, 0.2) is 53.0 Å². The first-order valence-electron chi connectivity index (χ1n) is 10.1. The fraction of sp³-hybridized carbons (Fsp3) is 0.286. The van der Waals surface area contributed by atoms with Crippen LogP contribution in [0.5, 0.6) is 0 Å². The molecule has 1 saturated heterocycles. The van der Waals surface area contributed by atoms with E-state index >= 15 is 0 Å². The number of hydrazine groups is 1. The number of nitrogens with zero attached hydrogens (tertiary/aromatic N) is 4. The van der Waals surface area contributed by atoms with Crippen molar-refractivity contribution >= 4 is 40.9 Å². The molecule has 2 aromatic heterocycles. The minimum atomic E-state index is -1.24. The number of thiophene rings is 1. The lowest BCUT2D eigenvalue weighted by molar-refractivity contribution is -0.138. The van der Waals surface area contributed by atoms with Crippen molar-refractivity contribution in [2.45, 2.75) is 36.5 Å². The molecule has 11 heteroatoms. The molecule has 1 atom stereocenters. The van der Waals surface area contributed by atoms with Gasteiger partial charge in [0.2, 0.25) is 5.91 Å². The lowest BCUT2D eigenvalue weighted by Crippen LogP contribution is -2.48. The Morgan fingerprint density at radius 1 is 1.22 bits per heavy atom. The van der Waals surface area contributed by atoms with Gasteiger partial charge in [-0.05, 0) is 36.8 Å². The minimum Gasteiger partial charge on any atom is -0.318 e. The lowest BCUT2D eigenvalue weighted by Gasteiger charge is -2.22. The highest BCUT2D eigenvalue weighted by molar-refractivity contribution is 7.99. The topological polar surface area (TPSA) is 109 Å². The summed E-state index contributed by atoms with van der Waals surface area (Å²) in [4.78, 5) is 39.0. The van der Waals surface area contributed by atoms with E-state index in [2.05, 4.69) is 25.5 Å². The Bertz CT molecular complexity index is 1180. The number of hydrogen-bond donors (Lipinski definition) is 2. The summed E-state index contributed by atoms with van der Waals surface area (Å²) in [7, 11) is 0. The highest BCUT2D eigenvalue weighted by atomic mass is 32.2. The normalized spacial score (nSPS) is 20.5. The van der Waals surface area contributed by atoms with E-state index in [4.69, 9.17) is 0 Å². The molecule has 1 aromatic carbocycles. The van der Waals surface area contributed by atoms with E-state index in [0.717, 1.165) is 28.6 Å². The molecule has 32 heavy (non-hydrogen) atoms. The molecule has 9 nitrogen and oxygen atoms in total. The number of thioether (sulfide) groups is 1. The van der Waals surface area contributed by atoms with Crippen LogP contribution in [0.4, 0.5) is 4.79 Å². The van der Waals surface area contributed by atoms with Gasteiger partial charge < -0.3 is 5.32 Å². The van der Waals surface area contributed by atoms with E-state index in [1.807, 2.05) is 23.6 Å². The van der Waals surface area contributed by atoms with Gasteiger partial charge in [-0.2, -0.15) is 5.01 Å². The number of benzene rings is 1. The van der Waals surface area contributed by atoms with Crippen molar-refractivity contribution in [3.05, 3.63) is 53.4 Å². The number of urea groups is 1. The molecule has 1 aliphatic carbocycles. The Balaban J connectivity index is 1.26. The van der Waals surface area contributed by atoms with E-state index in [1.54, 1.807) is 42.5 Å². The molecule has 0 bridgehead atoms. The third-order valence-electron chi connectivity index (χ3n) is 5.43. The molecule has 0 spiro atoms. The zero-order chi connectivity index (χ0) is 22.3. The van der Waals surface area contributed by atoms with Gasteiger partial charge in [-0.25, -0.2) is 4.79 Å². The molecule has 0 radical (unpaired) electrons. The maximum Gasteiger partial charge on any atom is 0.344 e. The van der Waals surface area contributed by atoms with E-state index < -0.39 is 23.4 Å². The van der Waals surface area contributed by atoms with Gasteiger partial charge in [-0.3, -0.25) is 19.6 Å². The molecule has 164 valence electrons. The SMILES string of the molecule is CC1(c2ccccc2)NC(=O)N(NC(=O)CSc2nnc(-c3cccs3)n2C2CC2)C1=O. The van der Waals surface area contributed by atoms with Crippen LogP contribution in [0.25, 0.3) is 10.7 Å². The van der Waals surface area contributed by atoms with Crippen molar-refractivity contribution in [1.82, 2.24) is 30.5 Å². The molecule has 4 amide bonds. The van der Waals surface area contributed by atoms with Crippen molar-refractivity contribution in [1.29, 1.82) is 0 Å². The third kappa shape index (κ3) is 3.67. The Morgan fingerprint density at radius 3 is 2.69 bits per heavy atom. The Hall–Kier alpha value is -3.18. The summed E-state index contributed by atoms with van der Waals surface area (Å²) in [5, 5.41) is 14.6. The van der Waals surface area contributed by atoms with Gasteiger partial charge in [0.05, 0.1) is 10.6 Å². The monoisotopic (exact) mass is 468 g/mol. The largest absolute Gasteiger partial charge is 0.344 e. The highest BCUT2D eigenvalue weighted by Crippen LogP contribution is 2.41. The van der Waals surface area contributed by atoms with Crippen LogP contribution in [0.2, 0.25) is 0 Å². The second kappa shape index (κ2) is 8.06. The molecule has 5 rings (SSSR count). The predicted molar refractivity (Wildman–Crippen MR) is 120 cm³/mol. The minimum absolute atomic E-state index is 0.00555. The van der Waals surface area contributed by atoms with Crippen LogP contribution in [0.1, 0.15) is 31.4 Å². The van der Waals surface area contributed by atoms with E-state index in [0.29, 0.717) is 16.8 Å². The first kappa shape index (κ1) is 20.7. The standard InChI is InChI=1S/C21H20N6O3S2/c1-21(13-6-3-2-4-7-13)18(29)27(19(30)22-21)25-16(28)12-32-20-24-23-17(15-8-5-11-31-15)26(20)14-9-10-14/h2-8,11,14H,9-10,12H2,1H3,(H,22,30)(H,25,28). The summed E-state index contributed by atoms with van der Waals surface area (Å²) >= 11 is 2.83. The van der Waals surface area contributed by atoms with Gasteiger partial charge in [0.25, 0.3) is 5.91 Å². The van der Waals surface area contributed by atoms with Crippen LogP contribution in [0.3, 0.4) is 0 Å². The molecule has 2 aliphatic rings. The maximum absolute atomic E-state index is 12.9. The summed E-state index contributed by atoms with van der Waals surface area (Å²) in [6, 6.07) is 12.6. The Kier molecular flexibility index (Phi) is 5.22.